The zero-order chi connectivity index (χ0) is 26.9. The van der Waals surface area contributed by atoms with Gasteiger partial charge in [0.25, 0.3) is 5.56 Å². The number of fused-ring (bicyclic) bond motifs is 1. The van der Waals surface area contributed by atoms with Crippen molar-refractivity contribution in [2.75, 3.05) is 31.1 Å². The van der Waals surface area contributed by atoms with Gasteiger partial charge in [-0.2, -0.15) is 0 Å². The lowest BCUT2D eigenvalue weighted by Crippen LogP contribution is -2.49. The Morgan fingerprint density at radius 3 is 2.49 bits per heavy atom. The van der Waals surface area contributed by atoms with Crippen LogP contribution >= 0.6 is 0 Å². The summed E-state index contributed by atoms with van der Waals surface area (Å²) in [7, 11) is 0. The number of rotatable bonds is 6. The quantitative estimate of drug-likeness (QED) is 0.358. The van der Waals surface area contributed by atoms with Gasteiger partial charge >= 0.3 is 0 Å². The maximum atomic E-state index is 13.6. The summed E-state index contributed by atoms with van der Waals surface area (Å²) in [4.78, 5) is 21.5. The second-order valence-corrected chi connectivity index (χ2v) is 10.5. The normalized spacial score (nSPS) is 15.1. The van der Waals surface area contributed by atoms with Crippen LogP contribution in [0, 0.1) is 20.8 Å². The molecule has 1 aliphatic rings. The molecule has 0 radical (unpaired) electrons. The van der Waals surface area contributed by atoms with Crippen LogP contribution in [0.5, 0.6) is 0 Å². The van der Waals surface area contributed by atoms with E-state index in [2.05, 4.69) is 86.6 Å². The molecule has 198 valence electrons. The monoisotopic (exact) mass is 519 g/mol. The Morgan fingerprint density at radius 1 is 0.897 bits per heavy atom. The van der Waals surface area contributed by atoms with Crippen LogP contribution in [0.1, 0.15) is 39.7 Å². The van der Waals surface area contributed by atoms with Crippen LogP contribution in [0.25, 0.3) is 10.9 Å². The van der Waals surface area contributed by atoms with Crippen LogP contribution in [0.4, 0.5) is 5.69 Å². The highest BCUT2D eigenvalue weighted by Gasteiger charge is 2.33. The number of H-pyrrole nitrogens is 1. The summed E-state index contributed by atoms with van der Waals surface area (Å²) in [6.45, 7) is 10.2. The van der Waals surface area contributed by atoms with Crippen LogP contribution in [-0.2, 0) is 6.54 Å². The molecule has 1 fully saturated rings. The van der Waals surface area contributed by atoms with Crippen molar-refractivity contribution in [3.8, 4) is 0 Å². The third-order valence-corrected chi connectivity index (χ3v) is 7.90. The number of aromatic amines is 1. The standard InChI is InChI=1S/C31H33N7O/c1-21-12-13-25-19-26(31(39)32-27(25)18-21)29(30-33-34-35-38(30)20-24-9-5-4-6-10-24)37-16-14-36(15-17-37)28-11-7-8-22(2)23(28)3/h4-13,18-19,29H,14-17,20H2,1-3H3,(H,32,39)/t29-/m0/s1. The molecule has 1 saturated heterocycles. The first-order valence-corrected chi connectivity index (χ1v) is 13.5. The van der Waals surface area contributed by atoms with Crippen LogP contribution in [0.3, 0.4) is 0 Å². The van der Waals surface area contributed by atoms with Crippen molar-refractivity contribution in [3.05, 3.63) is 117 Å². The Hall–Kier alpha value is -4.30. The SMILES string of the molecule is Cc1ccc2cc([C@@H](c3nnnn3Cc3ccccc3)N3CCN(c4cccc(C)c4C)CC3)c(=O)[nH]c2c1. The van der Waals surface area contributed by atoms with E-state index in [0.717, 1.165) is 48.2 Å². The van der Waals surface area contributed by atoms with Gasteiger partial charge in [0.05, 0.1) is 6.54 Å². The highest BCUT2D eigenvalue weighted by Crippen LogP contribution is 2.30. The first-order chi connectivity index (χ1) is 19.0. The number of tetrazole rings is 1. The number of nitrogens with zero attached hydrogens (tertiary/aromatic N) is 6. The van der Waals surface area contributed by atoms with Gasteiger partial charge in [0.2, 0.25) is 0 Å². The number of aryl methyl sites for hydroxylation is 2. The molecule has 6 rings (SSSR count). The largest absolute Gasteiger partial charge is 0.369 e. The van der Waals surface area contributed by atoms with E-state index in [1.807, 2.05) is 41.9 Å². The molecular weight excluding hydrogens is 486 g/mol. The zero-order valence-corrected chi connectivity index (χ0v) is 22.6. The Morgan fingerprint density at radius 2 is 1.69 bits per heavy atom. The van der Waals surface area contributed by atoms with Crippen LogP contribution in [0.2, 0.25) is 0 Å². The van der Waals surface area contributed by atoms with Crippen molar-refractivity contribution in [1.82, 2.24) is 30.1 Å². The van der Waals surface area contributed by atoms with Gasteiger partial charge in [-0.3, -0.25) is 9.69 Å². The van der Waals surface area contributed by atoms with Gasteiger partial charge in [0, 0.05) is 42.9 Å². The molecule has 5 aromatic rings. The number of nitrogens with one attached hydrogen (secondary N) is 1. The molecule has 8 heteroatoms. The predicted molar refractivity (Wildman–Crippen MR) is 154 cm³/mol. The minimum atomic E-state index is -0.376. The number of pyridine rings is 1. The number of aromatic nitrogens is 5. The summed E-state index contributed by atoms with van der Waals surface area (Å²) in [5.74, 6) is 0.677. The van der Waals surface area contributed by atoms with Crippen molar-refractivity contribution < 1.29 is 0 Å². The second-order valence-electron chi connectivity index (χ2n) is 10.5. The molecule has 0 aliphatic carbocycles. The van der Waals surface area contributed by atoms with Gasteiger partial charge < -0.3 is 9.88 Å². The average molecular weight is 520 g/mol. The van der Waals surface area contributed by atoms with E-state index in [1.54, 1.807) is 0 Å². The van der Waals surface area contributed by atoms with Crippen LogP contribution in [0.15, 0.2) is 77.6 Å². The third kappa shape index (κ3) is 4.95. The third-order valence-electron chi connectivity index (χ3n) is 7.90. The lowest BCUT2D eigenvalue weighted by molar-refractivity contribution is 0.200. The van der Waals surface area contributed by atoms with Crippen molar-refractivity contribution in [2.24, 2.45) is 0 Å². The fraction of sp³-hybridized carbons (Fsp3) is 0.290. The fourth-order valence-corrected chi connectivity index (χ4v) is 5.61. The molecular formula is C31H33N7O. The van der Waals surface area contributed by atoms with Crippen molar-refractivity contribution in [2.45, 2.75) is 33.4 Å². The van der Waals surface area contributed by atoms with Gasteiger partial charge in [-0.15, -0.1) is 5.10 Å². The molecule has 1 N–H and O–H groups in total. The summed E-state index contributed by atoms with van der Waals surface area (Å²) in [6.07, 6.45) is 0. The maximum absolute atomic E-state index is 13.6. The molecule has 3 aromatic carbocycles. The molecule has 1 aliphatic heterocycles. The summed E-state index contributed by atoms with van der Waals surface area (Å²) >= 11 is 0. The summed E-state index contributed by atoms with van der Waals surface area (Å²) < 4.78 is 1.83. The van der Waals surface area contributed by atoms with Gasteiger partial charge in [0.15, 0.2) is 5.82 Å². The fourth-order valence-electron chi connectivity index (χ4n) is 5.61. The topological polar surface area (TPSA) is 82.9 Å². The molecule has 3 heterocycles. The van der Waals surface area contributed by atoms with E-state index < -0.39 is 0 Å². The average Bonchev–Trinajstić information content (AvgIpc) is 3.39. The van der Waals surface area contributed by atoms with E-state index >= 15 is 0 Å². The minimum absolute atomic E-state index is 0.107. The maximum Gasteiger partial charge on any atom is 0.253 e. The summed E-state index contributed by atoms with van der Waals surface area (Å²) in [5, 5.41) is 13.9. The highest BCUT2D eigenvalue weighted by atomic mass is 16.1. The van der Waals surface area contributed by atoms with Crippen LogP contribution < -0.4 is 10.5 Å². The number of benzene rings is 3. The Kier molecular flexibility index (Phi) is 6.70. The molecule has 2 aromatic heterocycles. The number of anilines is 1. The number of hydrogen-bond acceptors (Lipinski definition) is 6. The lowest BCUT2D eigenvalue weighted by atomic mass is 10.0. The van der Waals surface area contributed by atoms with E-state index in [4.69, 9.17) is 0 Å². The molecule has 0 saturated carbocycles. The van der Waals surface area contributed by atoms with E-state index in [-0.39, 0.29) is 11.6 Å². The minimum Gasteiger partial charge on any atom is -0.369 e. The Balaban J connectivity index is 1.38. The molecule has 0 unspecified atom stereocenters. The molecule has 39 heavy (non-hydrogen) atoms. The first kappa shape index (κ1) is 25.0. The van der Waals surface area contributed by atoms with Crippen molar-refractivity contribution in [3.63, 3.8) is 0 Å². The predicted octanol–water partition coefficient (Wildman–Crippen LogP) is 4.40. The smallest absolute Gasteiger partial charge is 0.253 e. The van der Waals surface area contributed by atoms with Gasteiger partial charge in [-0.1, -0.05) is 54.6 Å². The van der Waals surface area contributed by atoms with Gasteiger partial charge in [0.1, 0.15) is 6.04 Å². The number of hydrogen-bond donors (Lipinski definition) is 1. The van der Waals surface area contributed by atoms with E-state index in [0.29, 0.717) is 17.9 Å². The van der Waals surface area contributed by atoms with Gasteiger partial charge in [-0.05, 0) is 77.0 Å². The molecule has 0 amide bonds. The second kappa shape index (κ2) is 10.5. The molecule has 0 spiro atoms. The van der Waals surface area contributed by atoms with Crippen molar-refractivity contribution >= 4 is 16.6 Å². The highest BCUT2D eigenvalue weighted by molar-refractivity contribution is 5.79. The van der Waals surface area contributed by atoms with Gasteiger partial charge in [-0.25, -0.2) is 4.68 Å². The lowest BCUT2D eigenvalue weighted by Gasteiger charge is -2.40. The van der Waals surface area contributed by atoms with Crippen molar-refractivity contribution in [1.29, 1.82) is 0 Å². The summed E-state index contributed by atoms with van der Waals surface area (Å²) in [5.41, 5.74) is 7.50. The molecule has 0 bridgehead atoms. The Labute approximate surface area is 227 Å². The zero-order valence-electron chi connectivity index (χ0n) is 22.6. The summed E-state index contributed by atoms with van der Waals surface area (Å²) in [6, 6.07) is 24.4. The Bertz CT molecular complexity index is 1670. The molecule has 8 nitrogen and oxygen atoms in total. The first-order valence-electron chi connectivity index (χ1n) is 13.5. The molecule has 1 atom stereocenters. The van der Waals surface area contributed by atoms with Crippen LogP contribution in [-0.4, -0.2) is 56.3 Å². The van der Waals surface area contributed by atoms with E-state index in [1.165, 1.54) is 16.8 Å². The van der Waals surface area contributed by atoms with E-state index in [9.17, 15) is 4.79 Å². The number of piperazine rings is 1.